The third-order valence-corrected chi connectivity index (χ3v) is 4.69. The maximum absolute atomic E-state index is 5.57. The fraction of sp³-hybridized carbons (Fsp3) is 0.846. The molecule has 4 fully saturated rings. The molecule has 0 amide bonds. The largest absolute Gasteiger partial charge is 0.327 e. The smallest absolute Gasteiger partial charge is 0.0107 e. The standard InChI is InChI=1S/C13H21N/c14-3-1-2-13-7-10-4-11(8-13)6-12(5-10)9-13/h1-2,10-12H,3-9,14H2/b2-1+. The quantitative estimate of drug-likeness (QED) is 0.667. The molecular formula is C13H21N. The summed E-state index contributed by atoms with van der Waals surface area (Å²) in [7, 11) is 0. The van der Waals surface area contributed by atoms with Gasteiger partial charge in [-0.2, -0.15) is 0 Å². The van der Waals surface area contributed by atoms with Gasteiger partial charge in [-0.1, -0.05) is 12.2 Å². The Morgan fingerprint density at radius 3 is 1.93 bits per heavy atom. The van der Waals surface area contributed by atoms with Crippen LogP contribution in [0.3, 0.4) is 0 Å². The Morgan fingerprint density at radius 1 is 1.00 bits per heavy atom. The Labute approximate surface area is 86.8 Å². The molecule has 4 bridgehead atoms. The highest BCUT2D eigenvalue weighted by Gasteiger charge is 2.49. The lowest BCUT2D eigenvalue weighted by Gasteiger charge is -2.55. The average Bonchev–Trinajstić information content (AvgIpc) is 2.12. The van der Waals surface area contributed by atoms with Crippen molar-refractivity contribution in [2.24, 2.45) is 28.9 Å². The topological polar surface area (TPSA) is 26.0 Å². The summed E-state index contributed by atoms with van der Waals surface area (Å²) in [5.74, 6) is 3.18. The van der Waals surface area contributed by atoms with Gasteiger partial charge < -0.3 is 5.73 Å². The summed E-state index contributed by atoms with van der Waals surface area (Å²) >= 11 is 0. The van der Waals surface area contributed by atoms with Crippen LogP contribution < -0.4 is 5.73 Å². The Kier molecular flexibility index (Phi) is 1.98. The zero-order chi connectivity index (χ0) is 9.60. The van der Waals surface area contributed by atoms with Crippen molar-refractivity contribution < 1.29 is 0 Å². The molecule has 78 valence electrons. The number of allylic oxidation sites excluding steroid dienone is 1. The Morgan fingerprint density at radius 2 is 1.50 bits per heavy atom. The predicted molar refractivity (Wildman–Crippen MR) is 58.8 cm³/mol. The summed E-state index contributed by atoms with van der Waals surface area (Å²) < 4.78 is 0. The van der Waals surface area contributed by atoms with Crippen molar-refractivity contribution in [1.29, 1.82) is 0 Å². The van der Waals surface area contributed by atoms with Crippen LogP contribution in [0.15, 0.2) is 12.2 Å². The molecular weight excluding hydrogens is 170 g/mol. The van der Waals surface area contributed by atoms with Gasteiger partial charge >= 0.3 is 0 Å². The molecule has 1 nitrogen and oxygen atoms in total. The van der Waals surface area contributed by atoms with E-state index in [4.69, 9.17) is 5.73 Å². The fourth-order valence-corrected chi connectivity index (χ4v) is 4.70. The average molecular weight is 191 g/mol. The van der Waals surface area contributed by atoms with Crippen LogP contribution in [0.1, 0.15) is 38.5 Å². The van der Waals surface area contributed by atoms with Crippen molar-refractivity contribution in [3.8, 4) is 0 Å². The minimum Gasteiger partial charge on any atom is -0.327 e. The molecule has 0 atom stereocenters. The number of nitrogens with two attached hydrogens (primary N) is 1. The van der Waals surface area contributed by atoms with E-state index in [2.05, 4.69) is 12.2 Å². The van der Waals surface area contributed by atoms with Crippen LogP contribution in [-0.2, 0) is 0 Å². The van der Waals surface area contributed by atoms with Gasteiger partial charge in [0.15, 0.2) is 0 Å². The van der Waals surface area contributed by atoms with Gasteiger partial charge in [0.1, 0.15) is 0 Å². The molecule has 4 aliphatic rings. The van der Waals surface area contributed by atoms with Crippen molar-refractivity contribution in [3.63, 3.8) is 0 Å². The summed E-state index contributed by atoms with van der Waals surface area (Å²) in [6, 6.07) is 0. The highest BCUT2D eigenvalue weighted by atomic mass is 14.5. The van der Waals surface area contributed by atoms with Gasteiger partial charge in [0.25, 0.3) is 0 Å². The van der Waals surface area contributed by atoms with Crippen LogP contribution in [0, 0.1) is 23.2 Å². The van der Waals surface area contributed by atoms with Gasteiger partial charge in [0, 0.05) is 6.54 Å². The Bertz CT molecular complexity index is 219. The van der Waals surface area contributed by atoms with Gasteiger partial charge in [-0.15, -0.1) is 0 Å². The van der Waals surface area contributed by atoms with E-state index in [9.17, 15) is 0 Å². The number of hydrogen-bond donors (Lipinski definition) is 1. The second-order valence-corrected chi connectivity index (χ2v) is 5.92. The third-order valence-electron chi connectivity index (χ3n) is 4.69. The monoisotopic (exact) mass is 191 g/mol. The molecule has 0 unspecified atom stereocenters. The molecule has 4 aliphatic carbocycles. The lowest BCUT2D eigenvalue weighted by molar-refractivity contribution is -0.0238. The van der Waals surface area contributed by atoms with Crippen molar-refractivity contribution >= 4 is 0 Å². The molecule has 0 heterocycles. The van der Waals surface area contributed by atoms with E-state index in [1.165, 1.54) is 38.5 Å². The van der Waals surface area contributed by atoms with E-state index >= 15 is 0 Å². The molecule has 14 heavy (non-hydrogen) atoms. The van der Waals surface area contributed by atoms with Crippen molar-refractivity contribution in [2.45, 2.75) is 38.5 Å². The van der Waals surface area contributed by atoms with E-state index in [0.717, 1.165) is 24.3 Å². The van der Waals surface area contributed by atoms with Crippen molar-refractivity contribution in [2.75, 3.05) is 6.54 Å². The second kappa shape index (κ2) is 3.10. The summed E-state index contributed by atoms with van der Waals surface area (Å²) in [5.41, 5.74) is 6.16. The van der Waals surface area contributed by atoms with E-state index in [0.29, 0.717) is 5.41 Å². The van der Waals surface area contributed by atoms with Crippen LogP contribution >= 0.6 is 0 Å². The van der Waals surface area contributed by atoms with Crippen molar-refractivity contribution in [1.82, 2.24) is 0 Å². The molecule has 0 aromatic heterocycles. The van der Waals surface area contributed by atoms with Crippen LogP contribution in [0.5, 0.6) is 0 Å². The highest BCUT2D eigenvalue weighted by molar-refractivity contribution is 5.10. The molecule has 0 radical (unpaired) electrons. The maximum atomic E-state index is 5.57. The van der Waals surface area contributed by atoms with Gasteiger partial charge in [0.2, 0.25) is 0 Å². The molecule has 4 saturated carbocycles. The molecule has 4 rings (SSSR count). The maximum Gasteiger partial charge on any atom is 0.0107 e. The summed E-state index contributed by atoms with van der Waals surface area (Å²) in [6.07, 6.45) is 13.7. The molecule has 0 aliphatic heterocycles. The SMILES string of the molecule is NC/C=C/C12CC3CC(CC(C3)C1)C2. The number of rotatable bonds is 2. The Balaban J connectivity index is 1.84. The molecule has 2 N–H and O–H groups in total. The van der Waals surface area contributed by atoms with Crippen LogP contribution in [0.4, 0.5) is 0 Å². The van der Waals surface area contributed by atoms with Crippen LogP contribution in [0.2, 0.25) is 0 Å². The Hall–Kier alpha value is -0.300. The first kappa shape index (κ1) is 8.96. The van der Waals surface area contributed by atoms with Gasteiger partial charge in [0.05, 0.1) is 0 Å². The molecule has 1 heteroatoms. The molecule has 0 saturated heterocycles. The fourth-order valence-electron chi connectivity index (χ4n) is 4.70. The highest BCUT2D eigenvalue weighted by Crippen LogP contribution is 2.60. The van der Waals surface area contributed by atoms with Crippen molar-refractivity contribution in [3.05, 3.63) is 12.2 Å². The first-order valence-electron chi connectivity index (χ1n) is 6.17. The summed E-state index contributed by atoms with van der Waals surface area (Å²) in [4.78, 5) is 0. The predicted octanol–water partition coefficient (Wildman–Crippen LogP) is 2.72. The summed E-state index contributed by atoms with van der Waals surface area (Å²) in [5, 5.41) is 0. The van der Waals surface area contributed by atoms with Gasteiger partial charge in [-0.05, 0) is 61.7 Å². The van der Waals surface area contributed by atoms with Crippen LogP contribution in [-0.4, -0.2) is 6.54 Å². The third kappa shape index (κ3) is 1.33. The molecule has 0 spiro atoms. The normalized spacial score (nSPS) is 50.5. The van der Waals surface area contributed by atoms with Crippen LogP contribution in [0.25, 0.3) is 0 Å². The zero-order valence-electron chi connectivity index (χ0n) is 8.91. The summed E-state index contributed by atoms with van der Waals surface area (Å²) in [6.45, 7) is 0.724. The zero-order valence-corrected chi connectivity index (χ0v) is 8.91. The number of hydrogen-bond acceptors (Lipinski definition) is 1. The second-order valence-electron chi connectivity index (χ2n) is 5.92. The lowest BCUT2D eigenvalue weighted by atomic mass is 9.49. The molecule has 0 aromatic carbocycles. The minimum atomic E-state index is 0.591. The van der Waals surface area contributed by atoms with E-state index in [-0.39, 0.29) is 0 Å². The van der Waals surface area contributed by atoms with Gasteiger partial charge in [-0.25, -0.2) is 0 Å². The van der Waals surface area contributed by atoms with Gasteiger partial charge in [-0.3, -0.25) is 0 Å². The van der Waals surface area contributed by atoms with E-state index in [1.54, 1.807) is 0 Å². The first-order chi connectivity index (χ1) is 6.80. The molecule has 0 aromatic rings. The minimum absolute atomic E-state index is 0.591. The van der Waals surface area contributed by atoms with E-state index < -0.39 is 0 Å². The van der Waals surface area contributed by atoms with E-state index in [1.807, 2.05) is 0 Å². The lowest BCUT2D eigenvalue weighted by Crippen LogP contribution is -2.45. The first-order valence-corrected chi connectivity index (χ1v) is 6.17.